The standard InChI is InChI=1S/C21H33N7O6/c1-12(26-18(31)14(22)11-29)17(30)27-15(8-5-9-25-21(23)24)19(32)28-16(20(33)34)10-13-6-3-2-4-7-13/h2-4,6-7,12,14-16,29H,5,8-11,22H2,1H3,(H,26,31)(H,27,30)(H,28,32)(H,33,34)(H4,23,24,25). The first-order chi connectivity index (χ1) is 16.0. The summed E-state index contributed by atoms with van der Waals surface area (Å²) in [5.74, 6) is -3.52. The number of carboxylic acid groups (broad SMARTS) is 1. The molecule has 0 radical (unpaired) electrons. The highest BCUT2D eigenvalue weighted by Crippen LogP contribution is 2.06. The Hall–Kier alpha value is -3.71. The maximum Gasteiger partial charge on any atom is 0.326 e. The number of nitrogens with zero attached hydrogens (tertiary/aromatic N) is 1. The SMILES string of the molecule is CC(NC(=O)C(N)CO)C(=O)NC(CCCN=C(N)N)C(=O)NC(Cc1ccccc1)C(=O)O. The Bertz CT molecular complexity index is 860. The summed E-state index contributed by atoms with van der Waals surface area (Å²) in [6.07, 6.45) is 0.452. The van der Waals surface area contributed by atoms with Crippen LogP contribution in [0.25, 0.3) is 0 Å². The average molecular weight is 480 g/mol. The van der Waals surface area contributed by atoms with Crippen LogP contribution in [0.15, 0.2) is 35.3 Å². The van der Waals surface area contributed by atoms with E-state index in [0.717, 1.165) is 0 Å². The molecule has 3 amide bonds. The van der Waals surface area contributed by atoms with Gasteiger partial charge in [-0.2, -0.15) is 0 Å². The molecule has 4 atom stereocenters. The molecule has 0 aliphatic heterocycles. The zero-order valence-corrected chi connectivity index (χ0v) is 18.9. The van der Waals surface area contributed by atoms with Crippen molar-refractivity contribution in [2.24, 2.45) is 22.2 Å². The number of nitrogens with two attached hydrogens (primary N) is 3. The van der Waals surface area contributed by atoms with Crippen molar-refractivity contribution in [1.29, 1.82) is 0 Å². The Labute approximate surface area is 197 Å². The molecule has 1 rings (SSSR count). The molecule has 0 aromatic heterocycles. The minimum absolute atomic E-state index is 0.0437. The van der Waals surface area contributed by atoms with E-state index in [1.54, 1.807) is 30.3 Å². The fourth-order valence-corrected chi connectivity index (χ4v) is 2.86. The minimum atomic E-state index is -1.23. The first-order valence-corrected chi connectivity index (χ1v) is 10.6. The maximum absolute atomic E-state index is 12.9. The Morgan fingerprint density at radius 3 is 2.15 bits per heavy atom. The third kappa shape index (κ3) is 10.3. The molecule has 188 valence electrons. The number of aliphatic hydroxyl groups excluding tert-OH is 1. The van der Waals surface area contributed by atoms with Crippen LogP contribution < -0.4 is 33.2 Å². The van der Waals surface area contributed by atoms with Crippen LogP contribution in [-0.2, 0) is 25.6 Å². The molecule has 13 heteroatoms. The third-order valence-corrected chi connectivity index (χ3v) is 4.76. The summed E-state index contributed by atoms with van der Waals surface area (Å²) in [5.41, 5.74) is 16.7. The second-order valence-electron chi connectivity index (χ2n) is 7.62. The van der Waals surface area contributed by atoms with Gasteiger partial charge in [0.15, 0.2) is 5.96 Å². The van der Waals surface area contributed by atoms with E-state index in [1.807, 2.05) is 0 Å². The highest BCUT2D eigenvalue weighted by molar-refractivity contribution is 5.93. The Morgan fingerprint density at radius 2 is 1.59 bits per heavy atom. The molecule has 1 aromatic rings. The van der Waals surface area contributed by atoms with Crippen molar-refractivity contribution >= 4 is 29.7 Å². The summed E-state index contributed by atoms with van der Waals surface area (Å²) in [7, 11) is 0. The first kappa shape index (κ1) is 28.3. The van der Waals surface area contributed by atoms with Crippen LogP contribution in [0.4, 0.5) is 0 Å². The molecule has 0 saturated carbocycles. The fourth-order valence-electron chi connectivity index (χ4n) is 2.86. The Kier molecular flexibility index (Phi) is 12.0. The topological polar surface area (TPSA) is 235 Å². The smallest absolute Gasteiger partial charge is 0.326 e. The molecule has 0 aliphatic carbocycles. The molecule has 0 bridgehead atoms. The zero-order valence-electron chi connectivity index (χ0n) is 18.9. The molecule has 34 heavy (non-hydrogen) atoms. The molecular weight excluding hydrogens is 446 g/mol. The van der Waals surface area contributed by atoms with Gasteiger partial charge in [0.25, 0.3) is 0 Å². The normalized spacial score (nSPS) is 14.1. The van der Waals surface area contributed by atoms with Crippen LogP contribution in [0.3, 0.4) is 0 Å². The second-order valence-corrected chi connectivity index (χ2v) is 7.62. The van der Waals surface area contributed by atoms with Crippen molar-refractivity contribution in [2.75, 3.05) is 13.2 Å². The van der Waals surface area contributed by atoms with Gasteiger partial charge in [-0.1, -0.05) is 30.3 Å². The number of carboxylic acids is 1. The zero-order chi connectivity index (χ0) is 25.7. The van der Waals surface area contributed by atoms with Gasteiger partial charge < -0.3 is 43.4 Å². The van der Waals surface area contributed by atoms with Crippen molar-refractivity contribution in [3.05, 3.63) is 35.9 Å². The van der Waals surface area contributed by atoms with E-state index in [4.69, 9.17) is 22.3 Å². The van der Waals surface area contributed by atoms with E-state index in [1.165, 1.54) is 6.92 Å². The van der Waals surface area contributed by atoms with Crippen LogP contribution in [0.5, 0.6) is 0 Å². The monoisotopic (exact) mass is 479 g/mol. The number of amides is 3. The van der Waals surface area contributed by atoms with E-state index in [-0.39, 0.29) is 25.3 Å². The second kappa shape index (κ2) is 14.4. The molecule has 1 aromatic carbocycles. The van der Waals surface area contributed by atoms with Gasteiger partial charge in [0.1, 0.15) is 24.2 Å². The molecule has 4 unspecified atom stereocenters. The van der Waals surface area contributed by atoms with Crippen molar-refractivity contribution in [3.63, 3.8) is 0 Å². The van der Waals surface area contributed by atoms with Crippen molar-refractivity contribution in [1.82, 2.24) is 16.0 Å². The minimum Gasteiger partial charge on any atom is -0.480 e. The molecule has 0 heterocycles. The number of guanidine groups is 1. The largest absolute Gasteiger partial charge is 0.480 e. The number of aliphatic carboxylic acids is 1. The van der Waals surface area contributed by atoms with Crippen LogP contribution in [0.2, 0.25) is 0 Å². The summed E-state index contributed by atoms with van der Waals surface area (Å²) in [4.78, 5) is 52.8. The summed E-state index contributed by atoms with van der Waals surface area (Å²) in [6, 6.07) is 4.13. The van der Waals surface area contributed by atoms with E-state index >= 15 is 0 Å². The van der Waals surface area contributed by atoms with Crippen LogP contribution >= 0.6 is 0 Å². The number of nitrogens with one attached hydrogen (secondary N) is 3. The summed E-state index contributed by atoms with van der Waals surface area (Å²) in [6.45, 7) is 0.959. The predicted molar refractivity (Wildman–Crippen MR) is 124 cm³/mol. The van der Waals surface area contributed by atoms with Gasteiger partial charge in [0.05, 0.1) is 6.61 Å². The van der Waals surface area contributed by atoms with Crippen LogP contribution in [0, 0.1) is 0 Å². The number of carbonyl (C=O) groups is 4. The van der Waals surface area contributed by atoms with E-state index in [9.17, 15) is 24.3 Å². The van der Waals surface area contributed by atoms with Gasteiger partial charge in [-0.3, -0.25) is 19.4 Å². The number of aliphatic imine (C=N–C) groups is 1. The molecular formula is C21H33N7O6. The number of benzene rings is 1. The van der Waals surface area contributed by atoms with Gasteiger partial charge in [-0.15, -0.1) is 0 Å². The number of hydrogen-bond donors (Lipinski definition) is 8. The molecule has 0 spiro atoms. The van der Waals surface area contributed by atoms with Crippen LogP contribution in [0.1, 0.15) is 25.3 Å². The lowest BCUT2D eigenvalue weighted by atomic mass is 10.0. The van der Waals surface area contributed by atoms with Crippen molar-refractivity contribution < 1.29 is 29.4 Å². The van der Waals surface area contributed by atoms with Crippen molar-refractivity contribution in [3.8, 4) is 0 Å². The Balaban J connectivity index is 2.90. The average Bonchev–Trinajstić information content (AvgIpc) is 2.79. The van der Waals surface area contributed by atoms with Crippen molar-refractivity contribution in [2.45, 2.75) is 50.4 Å². The number of aliphatic hydroxyl groups is 1. The van der Waals surface area contributed by atoms with E-state index < -0.39 is 54.5 Å². The Morgan fingerprint density at radius 1 is 0.971 bits per heavy atom. The lowest BCUT2D eigenvalue weighted by molar-refractivity contribution is -0.142. The van der Waals surface area contributed by atoms with E-state index in [2.05, 4.69) is 20.9 Å². The number of carbonyl (C=O) groups excluding carboxylic acids is 3. The molecule has 0 aliphatic rings. The molecule has 11 N–H and O–H groups in total. The van der Waals surface area contributed by atoms with Gasteiger partial charge in [0, 0.05) is 13.0 Å². The maximum atomic E-state index is 12.9. The summed E-state index contributed by atoms with van der Waals surface area (Å²) in [5, 5.41) is 25.8. The number of rotatable bonds is 14. The molecule has 0 saturated heterocycles. The molecule has 13 nitrogen and oxygen atoms in total. The van der Waals surface area contributed by atoms with Gasteiger partial charge >= 0.3 is 5.97 Å². The first-order valence-electron chi connectivity index (χ1n) is 10.6. The van der Waals surface area contributed by atoms with Gasteiger partial charge in [-0.05, 0) is 25.3 Å². The fraction of sp³-hybridized carbons (Fsp3) is 0.476. The summed E-state index contributed by atoms with van der Waals surface area (Å²) < 4.78 is 0. The van der Waals surface area contributed by atoms with Crippen LogP contribution in [-0.4, -0.2) is 77.2 Å². The summed E-state index contributed by atoms with van der Waals surface area (Å²) >= 11 is 0. The highest BCUT2D eigenvalue weighted by atomic mass is 16.4. The van der Waals surface area contributed by atoms with Gasteiger partial charge in [0.2, 0.25) is 17.7 Å². The lowest BCUT2D eigenvalue weighted by Crippen LogP contribution is -2.56. The third-order valence-electron chi connectivity index (χ3n) is 4.76. The lowest BCUT2D eigenvalue weighted by Gasteiger charge is -2.23. The van der Waals surface area contributed by atoms with Gasteiger partial charge in [-0.25, -0.2) is 4.79 Å². The quantitative estimate of drug-likeness (QED) is 0.0778. The number of hydrogen-bond acceptors (Lipinski definition) is 7. The van der Waals surface area contributed by atoms with E-state index in [0.29, 0.717) is 12.0 Å². The molecule has 0 fully saturated rings. The predicted octanol–water partition coefficient (Wildman–Crippen LogP) is -2.84. The highest BCUT2D eigenvalue weighted by Gasteiger charge is 2.28.